The van der Waals surface area contributed by atoms with Gasteiger partial charge < -0.3 is 10.6 Å². The topological polar surface area (TPSA) is 59.2 Å². The predicted octanol–water partition coefficient (Wildman–Crippen LogP) is 3.30. The lowest BCUT2D eigenvalue weighted by Crippen LogP contribution is -2.41. The third-order valence-electron chi connectivity index (χ3n) is 4.69. The van der Waals surface area contributed by atoms with Gasteiger partial charge in [0.15, 0.2) is 0 Å². The molecule has 2 heterocycles. The molecule has 0 spiro atoms. The van der Waals surface area contributed by atoms with E-state index >= 15 is 0 Å². The molecule has 1 atom stereocenters. The minimum Gasteiger partial charge on any atom is -0.336 e. The van der Waals surface area contributed by atoms with Gasteiger partial charge >= 0.3 is 0 Å². The maximum atomic E-state index is 13.0. The van der Waals surface area contributed by atoms with E-state index in [9.17, 15) is 4.79 Å². The van der Waals surface area contributed by atoms with Crippen LogP contribution in [0.1, 0.15) is 27.3 Å². The Balaban J connectivity index is 1.64. The molecule has 1 amide bonds. The van der Waals surface area contributed by atoms with Crippen molar-refractivity contribution < 1.29 is 4.79 Å². The first-order valence-electron chi connectivity index (χ1n) is 8.07. The van der Waals surface area contributed by atoms with E-state index in [4.69, 9.17) is 5.73 Å². The van der Waals surface area contributed by atoms with Crippen molar-refractivity contribution in [2.45, 2.75) is 18.9 Å². The summed E-state index contributed by atoms with van der Waals surface area (Å²) in [6.45, 7) is 3.19. The number of nitrogens with two attached hydrogens (primary N) is 1. The number of rotatable bonds is 2. The number of amides is 1. The normalized spacial score (nSPS) is 20.7. The highest BCUT2D eigenvalue weighted by molar-refractivity contribution is 7.18. The molecule has 0 saturated carbocycles. The van der Waals surface area contributed by atoms with Crippen LogP contribution in [0.25, 0.3) is 10.2 Å². The lowest BCUT2D eigenvalue weighted by molar-refractivity contribution is 0.0786. The van der Waals surface area contributed by atoms with Gasteiger partial charge in [-0.25, -0.2) is 4.98 Å². The summed E-state index contributed by atoms with van der Waals surface area (Å²) in [5.41, 5.74) is 8.85. The molecule has 24 heavy (non-hydrogen) atoms. The number of hydrogen-bond acceptors (Lipinski definition) is 4. The zero-order chi connectivity index (χ0) is 16.7. The molecule has 1 aliphatic heterocycles. The van der Waals surface area contributed by atoms with E-state index in [0.717, 1.165) is 32.8 Å². The first-order chi connectivity index (χ1) is 11.6. The van der Waals surface area contributed by atoms with Crippen molar-refractivity contribution in [1.82, 2.24) is 9.88 Å². The van der Waals surface area contributed by atoms with Gasteiger partial charge in [0.1, 0.15) is 0 Å². The zero-order valence-corrected chi connectivity index (χ0v) is 14.3. The number of aryl methyl sites for hydroxylation is 1. The molecule has 5 heteroatoms. The lowest BCUT2D eigenvalue weighted by Gasteiger charge is -2.25. The number of hydrogen-bond donors (Lipinski definition) is 1. The van der Waals surface area contributed by atoms with Crippen LogP contribution in [-0.2, 0) is 5.54 Å². The van der Waals surface area contributed by atoms with Crippen LogP contribution in [0.2, 0.25) is 0 Å². The summed E-state index contributed by atoms with van der Waals surface area (Å²) in [5.74, 6) is 0.0486. The molecule has 0 radical (unpaired) electrons. The number of nitrogens with zero attached hydrogens (tertiary/aromatic N) is 2. The fourth-order valence-electron chi connectivity index (χ4n) is 3.41. The van der Waals surface area contributed by atoms with Gasteiger partial charge in [0, 0.05) is 13.1 Å². The average molecular weight is 337 g/mol. The Labute approximate surface area is 144 Å². The molecule has 4 rings (SSSR count). The average Bonchev–Trinajstić information content (AvgIpc) is 3.18. The Hall–Kier alpha value is -2.24. The highest BCUT2D eigenvalue weighted by Crippen LogP contribution is 2.32. The number of fused-ring (bicyclic) bond motifs is 1. The quantitative estimate of drug-likeness (QED) is 0.780. The summed E-state index contributed by atoms with van der Waals surface area (Å²) in [5, 5.41) is 0.976. The lowest BCUT2D eigenvalue weighted by atomic mass is 9.90. The van der Waals surface area contributed by atoms with Crippen LogP contribution < -0.4 is 5.73 Å². The molecule has 4 nitrogen and oxygen atoms in total. The summed E-state index contributed by atoms with van der Waals surface area (Å²) in [4.78, 5) is 19.4. The second kappa shape index (κ2) is 5.69. The van der Waals surface area contributed by atoms with E-state index in [1.807, 2.05) is 60.4 Å². The highest BCUT2D eigenvalue weighted by Gasteiger charge is 2.38. The smallest absolute Gasteiger partial charge is 0.255 e. The number of likely N-dealkylation sites (tertiary alicyclic amines) is 1. The van der Waals surface area contributed by atoms with Gasteiger partial charge in [-0.1, -0.05) is 36.4 Å². The molecule has 0 bridgehead atoms. The van der Waals surface area contributed by atoms with Crippen molar-refractivity contribution >= 4 is 27.5 Å². The number of aromatic nitrogens is 1. The Morgan fingerprint density at radius 1 is 1.21 bits per heavy atom. The van der Waals surface area contributed by atoms with E-state index in [-0.39, 0.29) is 5.91 Å². The molecular weight excluding hydrogens is 318 g/mol. The van der Waals surface area contributed by atoms with Crippen LogP contribution in [0.15, 0.2) is 48.5 Å². The standard InChI is InChI=1S/C19H19N3OS/c1-13-21-16-9-5-8-15(17(16)24-13)18(23)22-11-10-19(20,12-22)14-6-3-2-4-7-14/h2-9H,10-12,20H2,1H3. The molecule has 0 aliphatic carbocycles. The Bertz CT molecular complexity index is 905. The number of thiazole rings is 1. The van der Waals surface area contributed by atoms with Crippen molar-refractivity contribution in [3.63, 3.8) is 0 Å². The van der Waals surface area contributed by atoms with Crippen LogP contribution in [0.4, 0.5) is 0 Å². The largest absolute Gasteiger partial charge is 0.336 e. The van der Waals surface area contributed by atoms with Gasteiger partial charge in [0.05, 0.1) is 26.3 Å². The summed E-state index contributed by atoms with van der Waals surface area (Å²) >= 11 is 1.57. The molecule has 1 fully saturated rings. The molecule has 1 unspecified atom stereocenters. The van der Waals surface area contributed by atoms with Crippen LogP contribution in [0.3, 0.4) is 0 Å². The molecule has 1 aliphatic rings. The molecule has 2 N–H and O–H groups in total. The van der Waals surface area contributed by atoms with E-state index in [0.29, 0.717) is 13.1 Å². The van der Waals surface area contributed by atoms with E-state index < -0.39 is 5.54 Å². The molecule has 122 valence electrons. The fourth-order valence-corrected chi connectivity index (χ4v) is 4.33. The molecule has 1 aromatic heterocycles. The van der Waals surface area contributed by atoms with Gasteiger partial charge in [-0.05, 0) is 31.0 Å². The minimum atomic E-state index is -0.464. The van der Waals surface area contributed by atoms with E-state index in [2.05, 4.69) is 4.98 Å². The minimum absolute atomic E-state index is 0.0486. The Kier molecular flexibility index (Phi) is 3.62. The third kappa shape index (κ3) is 2.50. The number of benzene rings is 2. The maximum absolute atomic E-state index is 13.0. The SMILES string of the molecule is Cc1nc2cccc(C(=O)N3CCC(N)(c4ccccc4)C3)c2s1. The van der Waals surface area contributed by atoms with Crippen molar-refractivity contribution in [3.8, 4) is 0 Å². The van der Waals surface area contributed by atoms with Gasteiger partial charge in [-0.2, -0.15) is 0 Å². The van der Waals surface area contributed by atoms with Gasteiger partial charge in [-0.15, -0.1) is 11.3 Å². The van der Waals surface area contributed by atoms with E-state index in [1.54, 1.807) is 11.3 Å². The van der Waals surface area contributed by atoms with Crippen LogP contribution in [-0.4, -0.2) is 28.9 Å². The first-order valence-corrected chi connectivity index (χ1v) is 8.88. The van der Waals surface area contributed by atoms with Gasteiger partial charge in [0.2, 0.25) is 0 Å². The summed E-state index contributed by atoms with van der Waals surface area (Å²) in [6.07, 6.45) is 0.778. The van der Waals surface area contributed by atoms with Crippen molar-refractivity contribution in [1.29, 1.82) is 0 Å². The van der Waals surface area contributed by atoms with Gasteiger partial charge in [0.25, 0.3) is 5.91 Å². The summed E-state index contributed by atoms with van der Waals surface area (Å²) in [6, 6.07) is 15.8. The number of carbonyl (C=O) groups excluding carboxylic acids is 1. The summed E-state index contributed by atoms with van der Waals surface area (Å²) < 4.78 is 0.967. The monoisotopic (exact) mass is 337 g/mol. The van der Waals surface area contributed by atoms with Crippen molar-refractivity contribution in [2.75, 3.05) is 13.1 Å². The van der Waals surface area contributed by atoms with Gasteiger partial charge in [-0.3, -0.25) is 4.79 Å². The molecule has 1 saturated heterocycles. The molecular formula is C19H19N3OS. The Morgan fingerprint density at radius 2 is 2.00 bits per heavy atom. The van der Waals surface area contributed by atoms with Crippen LogP contribution >= 0.6 is 11.3 Å². The number of carbonyl (C=O) groups is 1. The van der Waals surface area contributed by atoms with Crippen molar-refractivity contribution in [2.24, 2.45) is 5.73 Å². The van der Waals surface area contributed by atoms with Crippen LogP contribution in [0.5, 0.6) is 0 Å². The predicted molar refractivity (Wildman–Crippen MR) is 97.2 cm³/mol. The molecule has 3 aromatic rings. The maximum Gasteiger partial charge on any atom is 0.255 e. The second-order valence-corrected chi connectivity index (χ2v) is 7.59. The zero-order valence-electron chi connectivity index (χ0n) is 13.5. The second-order valence-electron chi connectivity index (χ2n) is 6.39. The Morgan fingerprint density at radius 3 is 2.79 bits per heavy atom. The first kappa shape index (κ1) is 15.3. The summed E-state index contributed by atoms with van der Waals surface area (Å²) in [7, 11) is 0. The fraction of sp³-hybridized carbons (Fsp3) is 0.263. The third-order valence-corrected chi connectivity index (χ3v) is 5.71. The molecule has 2 aromatic carbocycles. The highest BCUT2D eigenvalue weighted by atomic mass is 32.1. The van der Waals surface area contributed by atoms with Crippen LogP contribution in [0, 0.1) is 6.92 Å². The van der Waals surface area contributed by atoms with Crippen molar-refractivity contribution in [3.05, 3.63) is 64.7 Å². The van der Waals surface area contributed by atoms with E-state index in [1.165, 1.54) is 0 Å².